The highest BCUT2D eigenvalue weighted by Gasteiger charge is 2.11. The van der Waals surface area contributed by atoms with Gasteiger partial charge in [0.25, 0.3) is 0 Å². The maximum absolute atomic E-state index is 10.5. The number of nitrogens with one attached hydrogen (secondary N) is 1. The van der Waals surface area contributed by atoms with Gasteiger partial charge in [-0.1, -0.05) is 23.5 Å². The number of nitrogens with zero attached hydrogens (tertiary/aromatic N) is 1. The van der Waals surface area contributed by atoms with Crippen molar-refractivity contribution in [3.63, 3.8) is 0 Å². The maximum Gasteiger partial charge on any atom is 0.324 e. The molecule has 1 aliphatic rings. The Labute approximate surface area is 98.1 Å². The average molecular weight is 238 g/mol. The summed E-state index contributed by atoms with van der Waals surface area (Å²) in [7, 11) is 0. The zero-order valence-electron chi connectivity index (χ0n) is 8.89. The maximum atomic E-state index is 10.5. The Morgan fingerprint density at radius 3 is 3.06 bits per heavy atom. The summed E-state index contributed by atoms with van der Waals surface area (Å²) in [6, 6.07) is 3.82. The smallest absolute Gasteiger partial charge is 0.306 e. The molecule has 0 aliphatic heterocycles. The van der Waals surface area contributed by atoms with E-state index in [0.717, 1.165) is 11.3 Å². The van der Waals surface area contributed by atoms with Crippen LogP contribution in [-0.2, 0) is 6.54 Å². The molecule has 5 heteroatoms. The Balaban J connectivity index is 1.86. The summed E-state index contributed by atoms with van der Waals surface area (Å²) in [6.45, 7) is 0.716. The molecule has 4 nitrogen and oxygen atoms in total. The van der Waals surface area contributed by atoms with Gasteiger partial charge in [0.2, 0.25) is 0 Å². The quantitative estimate of drug-likeness (QED) is 0.498. The van der Waals surface area contributed by atoms with Gasteiger partial charge in [0, 0.05) is 23.5 Å². The van der Waals surface area contributed by atoms with Gasteiger partial charge in [0.15, 0.2) is 0 Å². The molecule has 1 aromatic heterocycles. The van der Waals surface area contributed by atoms with Crippen LogP contribution in [-0.4, -0.2) is 11.0 Å². The Bertz CT molecular complexity index is 400. The molecule has 16 heavy (non-hydrogen) atoms. The lowest BCUT2D eigenvalue weighted by molar-refractivity contribution is -0.380. The molecule has 1 aliphatic carbocycles. The zero-order valence-corrected chi connectivity index (χ0v) is 9.70. The van der Waals surface area contributed by atoms with Gasteiger partial charge in [0.05, 0.1) is 4.92 Å². The third-order valence-corrected chi connectivity index (χ3v) is 3.66. The fourth-order valence-electron chi connectivity index (χ4n) is 1.77. The van der Waals surface area contributed by atoms with E-state index in [-0.39, 0.29) is 9.92 Å². The molecule has 1 unspecified atom stereocenters. The van der Waals surface area contributed by atoms with Crippen LogP contribution in [0.5, 0.6) is 0 Å². The van der Waals surface area contributed by atoms with E-state index in [0.29, 0.717) is 12.6 Å². The number of thiophene rings is 1. The molecule has 1 N–H and O–H groups in total. The SMILES string of the molecule is O=[N+]([O-])c1ccc(CNC2C=CCCC2)s1. The fraction of sp³-hybridized carbons (Fsp3) is 0.455. The van der Waals surface area contributed by atoms with Crippen LogP contribution in [0.1, 0.15) is 24.1 Å². The topological polar surface area (TPSA) is 55.2 Å². The van der Waals surface area contributed by atoms with Crippen molar-refractivity contribution in [1.82, 2.24) is 5.32 Å². The lowest BCUT2D eigenvalue weighted by Crippen LogP contribution is -2.27. The molecule has 0 spiro atoms. The minimum Gasteiger partial charge on any atom is -0.306 e. The lowest BCUT2D eigenvalue weighted by atomic mass is 10.0. The predicted molar refractivity (Wildman–Crippen MR) is 64.6 cm³/mol. The normalized spacial score (nSPS) is 19.9. The molecule has 2 rings (SSSR count). The molecule has 1 heterocycles. The van der Waals surface area contributed by atoms with Crippen molar-refractivity contribution in [2.45, 2.75) is 31.8 Å². The van der Waals surface area contributed by atoms with Crippen molar-refractivity contribution in [2.75, 3.05) is 0 Å². The highest BCUT2D eigenvalue weighted by Crippen LogP contribution is 2.24. The third kappa shape index (κ3) is 2.90. The Morgan fingerprint density at radius 2 is 2.44 bits per heavy atom. The van der Waals surface area contributed by atoms with Gasteiger partial charge in [-0.3, -0.25) is 10.1 Å². The lowest BCUT2D eigenvalue weighted by Gasteiger charge is -2.17. The molecular formula is C11H14N2O2S. The first-order valence-electron chi connectivity index (χ1n) is 5.39. The molecular weight excluding hydrogens is 224 g/mol. The van der Waals surface area contributed by atoms with Crippen LogP contribution < -0.4 is 5.32 Å². The Hall–Kier alpha value is -1.20. The first kappa shape index (κ1) is 11.3. The largest absolute Gasteiger partial charge is 0.324 e. The molecule has 1 aromatic rings. The first-order chi connectivity index (χ1) is 7.75. The number of hydrogen-bond donors (Lipinski definition) is 1. The van der Waals surface area contributed by atoms with Crippen LogP contribution in [0.4, 0.5) is 5.00 Å². The highest BCUT2D eigenvalue weighted by atomic mass is 32.1. The van der Waals surface area contributed by atoms with Gasteiger partial charge < -0.3 is 5.32 Å². The van der Waals surface area contributed by atoms with Crippen LogP contribution in [0, 0.1) is 10.1 Å². The molecule has 0 amide bonds. The minimum absolute atomic E-state index is 0.219. The van der Waals surface area contributed by atoms with Crippen molar-refractivity contribution in [2.24, 2.45) is 0 Å². The van der Waals surface area contributed by atoms with Crippen molar-refractivity contribution < 1.29 is 4.92 Å². The molecule has 0 saturated carbocycles. The standard InChI is InChI=1S/C11H14N2O2S/c14-13(15)11-7-6-10(16-11)8-12-9-4-2-1-3-5-9/h2,4,6-7,9,12H,1,3,5,8H2. The summed E-state index contributed by atoms with van der Waals surface area (Å²) in [6.07, 6.45) is 7.93. The van der Waals surface area contributed by atoms with Crippen LogP contribution in [0.15, 0.2) is 24.3 Å². The van der Waals surface area contributed by atoms with E-state index < -0.39 is 0 Å². The summed E-state index contributed by atoms with van der Waals surface area (Å²) < 4.78 is 0. The van der Waals surface area contributed by atoms with E-state index in [1.807, 2.05) is 6.07 Å². The van der Waals surface area contributed by atoms with Crippen molar-refractivity contribution in [1.29, 1.82) is 0 Å². The molecule has 0 radical (unpaired) electrons. The number of rotatable bonds is 4. The minimum atomic E-state index is -0.339. The first-order valence-corrected chi connectivity index (χ1v) is 6.20. The second kappa shape index (κ2) is 5.23. The van der Waals surface area contributed by atoms with E-state index >= 15 is 0 Å². The fourth-order valence-corrected chi connectivity index (χ4v) is 2.54. The monoisotopic (exact) mass is 238 g/mol. The van der Waals surface area contributed by atoms with Crippen molar-refractivity contribution in [3.05, 3.63) is 39.3 Å². The van der Waals surface area contributed by atoms with Crippen LogP contribution in [0.25, 0.3) is 0 Å². The summed E-state index contributed by atoms with van der Waals surface area (Å²) in [5.41, 5.74) is 0. The summed E-state index contributed by atoms with van der Waals surface area (Å²) in [5.74, 6) is 0. The zero-order chi connectivity index (χ0) is 11.4. The summed E-state index contributed by atoms with van der Waals surface area (Å²) >= 11 is 1.24. The second-order valence-corrected chi connectivity index (χ2v) is 4.99. The molecule has 0 aromatic carbocycles. The van der Waals surface area contributed by atoms with Crippen molar-refractivity contribution in [3.8, 4) is 0 Å². The van der Waals surface area contributed by atoms with Gasteiger partial charge in [-0.2, -0.15) is 0 Å². The van der Waals surface area contributed by atoms with Crippen LogP contribution in [0.3, 0.4) is 0 Å². The predicted octanol–water partition coefficient (Wildman–Crippen LogP) is 2.85. The Kier molecular flexibility index (Phi) is 3.69. The van der Waals surface area contributed by atoms with Crippen LogP contribution in [0.2, 0.25) is 0 Å². The number of nitro groups is 1. The van der Waals surface area contributed by atoms with Gasteiger partial charge >= 0.3 is 5.00 Å². The van der Waals surface area contributed by atoms with E-state index in [1.54, 1.807) is 6.07 Å². The van der Waals surface area contributed by atoms with Crippen LogP contribution >= 0.6 is 11.3 Å². The van der Waals surface area contributed by atoms with E-state index in [1.165, 1.54) is 24.2 Å². The molecule has 0 fully saturated rings. The van der Waals surface area contributed by atoms with E-state index in [9.17, 15) is 10.1 Å². The van der Waals surface area contributed by atoms with Gasteiger partial charge in [0.1, 0.15) is 0 Å². The summed E-state index contributed by atoms with van der Waals surface area (Å²) in [5, 5.41) is 14.1. The number of hydrogen-bond acceptors (Lipinski definition) is 4. The van der Waals surface area contributed by atoms with E-state index in [4.69, 9.17) is 0 Å². The molecule has 1 atom stereocenters. The second-order valence-electron chi connectivity index (χ2n) is 3.84. The summed E-state index contributed by atoms with van der Waals surface area (Å²) in [4.78, 5) is 11.2. The van der Waals surface area contributed by atoms with Gasteiger partial charge in [-0.25, -0.2) is 0 Å². The number of allylic oxidation sites excluding steroid dienone is 1. The molecule has 0 bridgehead atoms. The highest BCUT2D eigenvalue weighted by molar-refractivity contribution is 7.15. The van der Waals surface area contributed by atoms with Crippen molar-refractivity contribution >= 4 is 16.3 Å². The average Bonchev–Trinajstić information content (AvgIpc) is 2.76. The van der Waals surface area contributed by atoms with E-state index in [2.05, 4.69) is 17.5 Å². The van der Waals surface area contributed by atoms with Gasteiger partial charge in [-0.15, -0.1) is 0 Å². The Morgan fingerprint density at radius 1 is 1.56 bits per heavy atom. The molecule has 86 valence electrons. The third-order valence-electron chi connectivity index (χ3n) is 2.62. The van der Waals surface area contributed by atoms with Gasteiger partial charge in [-0.05, 0) is 25.3 Å². The molecule has 0 saturated heterocycles.